The lowest BCUT2D eigenvalue weighted by molar-refractivity contribution is 0.221. The van der Waals surface area contributed by atoms with Crippen molar-refractivity contribution in [1.82, 2.24) is 9.55 Å². The normalized spacial score (nSPS) is 31.2. The van der Waals surface area contributed by atoms with E-state index in [0.717, 1.165) is 5.92 Å². The lowest BCUT2D eigenvalue weighted by Gasteiger charge is -2.36. The van der Waals surface area contributed by atoms with Gasteiger partial charge >= 0.3 is 0 Å². The number of imidazole rings is 1. The van der Waals surface area contributed by atoms with Crippen molar-refractivity contribution >= 4 is 0 Å². The largest absolute Gasteiger partial charge is 0.330 e. The second kappa shape index (κ2) is 5.66. The molecule has 1 fully saturated rings. The monoisotopic (exact) mass is 261 g/mol. The minimum absolute atomic E-state index is 0.327. The number of nitrogens with two attached hydrogens (primary N) is 1. The van der Waals surface area contributed by atoms with Gasteiger partial charge in [-0.05, 0) is 50.9 Å². The smallest absolute Gasteiger partial charge is 0.0954 e. The Morgan fingerprint density at radius 2 is 2.16 bits per heavy atom. The summed E-state index contributed by atoms with van der Waals surface area (Å²) in [5, 5.41) is 0. The van der Waals surface area contributed by atoms with Gasteiger partial charge in [0.05, 0.1) is 18.1 Å². The molecule has 1 aromatic heterocycles. The molecule has 2 aliphatic carbocycles. The number of fused-ring (bicyclic) bond motifs is 1. The van der Waals surface area contributed by atoms with Crippen LogP contribution in [0.15, 0.2) is 6.33 Å². The minimum Gasteiger partial charge on any atom is -0.330 e. The van der Waals surface area contributed by atoms with Gasteiger partial charge in [-0.25, -0.2) is 4.98 Å². The predicted octanol–water partition coefficient (Wildman–Crippen LogP) is 3.23. The first-order valence-corrected chi connectivity index (χ1v) is 8.09. The molecule has 0 bridgehead atoms. The Morgan fingerprint density at radius 1 is 1.32 bits per heavy atom. The fraction of sp³-hybridized carbons (Fsp3) is 0.812. The number of rotatable bonds is 3. The Morgan fingerprint density at radius 3 is 3.00 bits per heavy atom. The molecular weight excluding hydrogens is 234 g/mol. The summed E-state index contributed by atoms with van der Waals surface area (Å²) in [6, 6.07) is 0.827. The van der Waals surface area contributed by atoms with Gasteiger partial charge in [-0.1, -0.05) is 19.8 Å². The average Bonchev–Trinajstić information content (AvgIpc) is 2.85. The first-order chi connectivity index (χ1) is 9.29. The van der Waals surface area contributed by atoms with Crippen LogP contribution < -0.4 is 5.73 Å². The highest BCUT2D eigenvalue weighted by atomic mass is 15.1. The van der Waals surface area contributed by atoms with E-state index in [2.05, 4.69) is 22.8 Å². The van der Waals surface area contributed by atoms with Gasteiger partial charge in [0.2, 0.25) is 0 Å². The lowest BCUT2D eigenvalue weighted by Crippen LogP contribution is -2.38. The maximum Gasteiger partial charge on any atom is 0.0954 e. The minimum atomic E-state index is 0.327. The van der Waals surface area contributed by atoms with Crippen molar-refractivity contribution in [1.29, 1.82) is 0 Å². The third kappa shape index (κ3) is 2.58. The van der Waals surface area contributed by atoms with Gasteiger partial charge in [0.1, 0.15) is 0 Å². The van der Waals surface area contributed by atoms with Crippen LogP contribution in [0, 0.1) is 5.92 Å². The van der Waals surface area contributed by atoms with Gasteiger partial charge < -0.3 is 10.3 Å². The molecule has 0 aromatic carbocycles. The van der Waals surface area contributed by atoms with Crippen molar-refractivity contribution in [2.24, 2.45) is 11.7 Å². The van der Waals surface area contributed by atoms with E-state index in [9.17, 15) is 0 Å². The molecule has 0 spiro atoms. The number of aryl methyl sites for hydroxylation is 1. The predicted molar refractivity (Wildman–Crippen MR) is 78.1 cm³/mol. The van der Waals surface area contributed by atoms with Gasteiger partial charge in [-0.3, -0.25) is 0 Å². The molecule has 0 radical (unpaired) electrons. The fourth-order valence-corrected chi connectivity index (χ4v) is 4.02. The van der Waals surface area contributed by atoms with Crippen LogP contribution in [0.25, 0.3) is 0 Å². The van der Waals surface area contributed by atoms with Crippen LogP contribution in [0.1, 0.15) is 69.3 Å². The molecule has 1 saturated carbocycles. The summed E-state index contributed by atoms with van der Waals surface area (Å²) in [4.78, 5) is 4.64. The van der Waals surface area contributed by atoms with Gasteiger partial charge in [-0.15, -0.1) is 0 Å². The first kappa shape index (κ1) is 13.2. The van der Waals surface area contributed by atoms with Crippen LogP contribution in [0.3, 0.4) is 0 Å². The van der Waals surface area contributed by atoms with Gasteiger partial charge in [0.25, 0.3) is 0 Å². The SMILES string of the molecule is CCCC1CCC(N)C(n2cnc3c2CCCC3)C1. The summed E-state index contributed by atoms with van der Waals surface area (Å²) in [5.41, 5.74) is 9.25. The highest BCUT2D eigenvalue weighted by molar-refractivity contribution is 5.18. The number of nitrogens with zero attached hydrogens (tertiary/aromatic N) is 2. The Kier molecular flexibility index (Phi) is 3.92. The zero-order valence-electron chi connectivity index (χ0n) is 12.1. The number of hydrogen-bond acceptors (Lipinski definition) is 2. The summed E-state index contributed by atoms with van der Waals surface area (Å²) in [6.45, 7) is 2.29. The van der Waals surface area contributed by atoms with Crippen LogP contribution in [0.4, 0.5) is 0 Å². The zero-order valence-corrected chi connectivity index (χ0v) is 12.1. The van der Waals surface area contributed by atoms with Crippen molar-refractivity contribution in [3.63, 3.8) is 0 Å². The maximum absolute atomic E-state index is 6.41. The molecule has 3 unspecified atom stereocenters. The van der Waals surface area contributed by atoms with E-state index >= 15 is 0 Å². The van der Waals surface area contributed by atoms with Crippen LogP contribution >= 0.6 is 0 Å². The molecule has 2 N–H and O–H groups in total. The van der Waals surface area contributed by atoms with Gasteiger partial charge in [0, 0.05) is 11.7 Å². The third-order valence-corrected chi connectivity index (χ3v) is 5.09. The average molecular weight is 261 g/mol. The van der Waals surface area contributed by atoms with Gasteiger partial charge in [-0.2, -0.15) is 0 Å². The summed E-state index contributed by atoms with van der Waals surface area (Å²) in [7, 11) is 0. The molecule has 0 aliphatic heterocycles. The second-order valence-corrected chi connectivity index (χ2v) is 6.45. The molecule has 0 amide bonds. The van der Waals surface area contributed by atoms with E-state index in [0.29, 0.717) is 12.1 Å². The third-order valence-electron chi connectivity index (χ3n) is 5.09. The van der Waals surface area contributed by atoms with Crippen molar-refractivity contribution in [3.8, 4) is 0 Å². The molecule has 106 valence electrons. The molecule has 3 heteroatoms. The Bertz CT molecular complexity index is 424. The summed E-state index contributed by atoms with van der Waals surface area (Å²) < 4.78 is 2.45. The molecular formula is C16H27N3. The first-order valence-electron chi connectivity index (χ1n) is 8.09. The maximum atomic E-state index is 6.41. The van der Waals surface area contributed by atoms with E-state index in [1.54, 1.807) is 0 Å². The molecule has 1 aromatic rings. The highest BCUT2D eigenvalue weighted by Crippen LogP contribution is 2.36. The Balaban J connectivity index is 1.81. The van der Waals surface area contributed by atoms with Crippen molar-refractivity contribution in [2.75, 3.05) is 0 Å². The van der Waals surface area contributed by atoms with Crippen molar-refractivity contribution in [2.45, 2.75) is 76.8 Å². The molecule has 1 heterocycles. The molecule has 3 nitrogen and oxygen atoms in total. The van der Waals surface area contributed by atoms with E-state index in [-0.39, 0.29) is 0 Å². The molecule has 0 saturated heterocycles. The van der Waals surface area contributed by atoms with Crippen LogP contribution in [-0.4, -0.2) is 15.6 Å². The van der Waals surface area contributed by atoms with Crippen molar-refractivity contribution in [3.05, 3.63) is 17.7 Å². The summed E-state index contributed by atoms with van der Waals surface area (Å²) in [5.74, 6) is 0.872. The van der Waals surface area contributed by atoms with Crippen LogP contribution in [0.2, 0.25) is 0 Å². The molecule has 3 atom stereocenters. The summed E-state index contributed by atoms with van der Waals surface area (Å²) in [6.07, 6.45) is 13.5. The molecule has 19 heavy (non-hydrogen) atoms. The summed E-state index contributed by atoms with van der Waals surface area (Å²) >= 11 is 0. The quantitative estimate of drug-likeness (QED) is 0.908. The fourth-order valence-electron chi connectivity index (χ4n) is 4.02. The standard InChI is InChI=1S/C16H27N3/c1-2-5-12-8-9-13(17)16(10-12)19-11-18-14-6-3-4-7-15(14)19/h11-13,16H,2-10,17H2,1H3. The Labute approximate surface area is 116 Å². The van der Waals surface area contributed by atoms with Crippen molar-refractivity contribution < 1.29 is 0 Å². The lowest BCUT2D eigenvalue weighted by atomic mass is 9.80. The topological polar surface area (TPSA) is 43.8 Å². The van der Waals surface area contributed by atoms with Crippen LogP contribution in [-0.2, 0) is 12.8 Å². The Hall–Kier alpha value is -0.830. The van der Waals surface area contributed by atoms with Gasteiger partial charge in [0.15, 0.2) is 0 Å². The zero-order chi connectivity index (χ0) is 13.2. The highest BCUT2D eigenvalue weighted by Gasteiger charge is 2.31. The number of hydrogen-bond donors (Lipinski definition) is 1. The molecule has 3 rings (SSSR count). The van der Waals surface area contributed by atoms with E-state index in [1.807, 2.05) is 0 Å². The van der Waals surface area contributed by atoms with Crippen LogP contribution in [0.5, 0.6) is 0 Å². The second-order valence-electron chi connectivity index (χ2n) is 6.45. The van der Waals surface area contributed by atoms with E-state index < -0.39 is 0 Å². The van der Waals surface area contributed by atoms with E-state index in [1.165, 1.54) is 69.2 Å². The number of aromatic nitrogens is 2. The van der Waals surface area contributed by atoms with E-state index in [4.69, 9.17) is 5.73 Å². The molecule has 2 aliphatic rings.